The van der Waals surface area contributed by atoms with Crippen LogP contribution >= 0.6 is 7.82 Å². The number of nitrogens with two attached hydrogens (primary N) is 1. The van der Waals surface area contributed by atoms with Gasteiger partial charge in [0.1, 0.15) is 6.61 Å². The van der Waals surface area contributed by atoms with Crippen LogP contribution in [-0.2, 0) is 32.7 Å². The second-order valence-corrected chi connectivity index (χ2v) is 14.8. The van der Waals surface area contributed by atoms with E-state index in [0.717, 1.165) is 44.9 Å². The first-order valence-corrected chi connectivity index (χ1v) is 22.6. The van der Waals surface area contributed by atoms with E-state index in [0.29, 0.717) is 25.7 Å². The van der Waals surface area contributed by atoms with E-state index >= 15 is 0 Å². The predicted molar refractivity (Wildman–Crippen MR) is 239 cm³/mol. The summed E-state index contributed by atoms with van der Waals surface area (Å²) in [5, 5.41) is 9.76. The number of unbranched alkanes of at least 4 members (excludes halogenated alkanes) is 4. The van der Waals surface area contributed by atoms with Crippen LogP contribution in [0.15, 0.2) is 122 Å². The molecule has 2 unspecified atom stereocenters. The number of hydrogen-bond acceptors (Lipinski definition) is 9. The Morgan fingerprint density at radius 1 is 0.621 bits per heavy atom. The highest BCUT2D eigenvalue weighted by molar-refractivity contribution is 7.47. The smallest absolute Gasteiger partial charge is 0.462 e. The highest BCUT2D eigenvalue weighted by Crippen LogP contribution is 2.43. The van der Waals surface area contributed by atoms with Crippen LogP contribution < -0.4 is 5.73 Å². The SMILES string of the molecule is CC/C=C\C(O)C/C=C/C=C\C/C=C\C/C=C\CCCC(=O)O[C@H](COC(=O)CC/C=C\C/C=C\C/C=C\C/C=C\C/C=C\CCCCC)COP(=O)(O)OCCN. The summed E-state index contributed by atoms with van der Waals surface area (Å²) in [4.78, 5) is 34.8. The summed E-state index contributed by atoms with van der Waals surface area (Å²) in [5.41, 5.74) is 5.33. The molecule has 326 valence electrons. The molecule has 0 amide bonds. The van der Waals surface area contributed by atoms with Gasteiger partial charge in [0.25, 0.3) is 0 Å². The summed E-state index contributed by atoms with van der Waals surface area (Å²) < 4.78 is 32.6. The normalized spacial score (nSPS) is 15.1. The minimum atomic E-state index is -4.43. The standard InChI is InChI=1S/C47H74NO9P/c1-3-5-7-8-9-10-11-12-13-14-15-16-17-18-22-25-28-31-34-38-46(50)54-42-45(43-56-58(52,53)55-41-40-48)57-47(51)39-35-32-29-26-23-20-19-21-24-27-30-33-37-44(49)36-6-4-2/h6,9-10,12-13,15-16,18-20,22,24,26-31,33,36,44-45,49H,3-5,7-8,11,14,17,21,23,25,32,34-35,37-43,48H2,1-2H3,(H,52,53)/b10-9-,13-12-,16-15-,20-19-,22-18-,27-24-,29-26-,31-28-,33-30+,36-6-/t44?,45-/m1/s1. The van der Waals surface area contributed by atoms with E-state index in [1.54, 1.807) is 0 Å². The largest absolute Gasteiger partial charge is 0.472 e. The van der Waals surface area contributed by atoms with Crippen molar-refractivity contribution in [3.05, 3.63) is 122 Å². The van der Waals surface area contributed by atoms with Crippen LogP contribution in [0.2, 0.25) is 0 Å². The van der Waals surface area contributed by atoms with E-state index in [4.69, 9.17) is 24.3 Å². The minimum absolute atomic E-state index is 0.0205. The number of hydrogen-bond donors (Lipinski definition) is 3. The third-order valence-corrected chi connectivity index (χ3v) is 8.90. The Labute approximate surface area is 350 Å². The molecule has 0 aliphatic heterocycles. The molecule has 0 fully saturated rings. The molecular weight excluding hydrogens is 753 g/mol. The van der Waals surface area contributed by atoms with Gasteiger partial charge in [-0.2, -0.15) is 0 Å². The molecule has 0 radical (unpaired) electrons. The first-order valence-electron chi connectivity index (χ1n) is 21.1. The van der Waals surface area contributed by atoms with Gasteiger partial charge in [-0.25, -0.2) is 4.57 Å². The lowest BCUT2D eigenvalue weighted by molar-refractivity contribution is -0.161. The van der Waals surface area contributed by atoms with E-state index in [1.807, 2.05) is 67.7 Å². The number of aliphatic hydroxyl groups is 1. The van der Waals surface area contributed by atoms with Crippen LogP contribution in [0.4, 0.5) is 0 Å². The monoisotopic (exact) mass is 828 g/mol. The van der Waals surface area contributed by atoms with Crippen LogP contribution in [0.1, 0.15) is 123 Å². The summed E-state index contributed by atoms with van der Waals surface area (Å²) >= 11 is 0. The zero-order valence-electron chi connectivity index (χ0n) is 35.3. The lowest BCUT2D eigenvalue weighted by atomic mass is 10.2. The molecule has 0 spiro atoms. The van der Waals surface area contributed by atoms with Gasteiger partial charge in [-0.05, 0) is 83.5 Å². The third kappa shape index (κ3) is 40.6. The fourth-order valence-corrected chi connectivity index (χ4v) is 5.55. The van der Waals surface area contributed by atoms with Crippen molar-refractivity contribution < 1.29 is 42.7 Å². The van der Waals surface area contributed by atoms with Crippen molar-refractivity contribution in [3.8, 4) is 0 Å². The first kappa shape index (κ1) is 54.4. The molecular formula is C47H74NO9P. The minimum Gasteiger partial charge on any atom is -0.462 e. The molecule has 0 saturated carbocycles. The van der Waals surface area contributed by atoms with Crippen molar-refractivity contribution in [3.63, 3.8) is 0 Å². The zero-order chi connectivity index (χ0) is 42.6. The van der Waals surface area contributed by atoms with Gasteiger partial charge in [0.15, 0.2) is 6.10 Å². The molecule has 10 nitrogen and oxygen atoms in total. The van der Waals surface area contributed by atoms with Crippen molar-refractivity contribution in [1.29, 1.82) is 0 Å². The molecule has 0 aromatic rings. The fourth-order valence-electron chi connectivity index (χ4n) is 4.79. The van der Waals surface area contributed by atoms with Crippen molar-refractivity contribution in [2.75, 3.05) is 26.4 Å². The maximum Gasteiger partial charge on any atom is 0.472 e. The predicted octanol–water partition coefficient (Wildman–Crippen LogP) is 11.1. The van der Waals surface area contributed by atoms with E-state index in [-0.39, 0.29) is 32.6 Å². The van der Waals surface area contributed by atoms with Crippen LogP contribution in [-0.4, -0.2) is 60.5 Å². The first-order chi connectivity index (χ1) is 28.2. The molecule has 0 aliphatic carbocycles. The second kappa shape index (κ2) is 41.5. The molecule has 0 aromatic carbocycles. The maximum atomic E-state index is 12.5. The number of allylic oxidation sites excluding steroid dienone is 18. The van der Waals surface area contributed by atoms with E-state index in [1.165, 1.54) is 25.7 Å². The molecule has 0 heterocycles. The zero-order valence-corrected chi connectivity index (χ0v) is 36.2. The van der Waals surface area contributed by atoms with Gasteiger partial charge in [0.05, 0.1) is 19.3 Å². The Morgan fingerprint density at radius 2 is 1.16 bits per heavy atom. The summed E-state index contributed by atoms with van der Waals surface area (Å²) in [5.74, 6) is -1.03. The second-order valence-electron chi connectivity index (χ2n) is 13.3. The maximum absolute atomic E-state index is 12.5. The number of phosphoric ester groups is 1. The number of carbonyl (C=O) groups is 2. The molecule has 0 saturated heterocycles. The Balaban J connectivity index is 4.45. The number of rotatable bonds is 37. The number of phosphoric acid groups is 1. The topological polar surface area (TPSA) is 155 Å². The Bertz CT molecular complexity index is 1370. The molecule has 58 heavy (non-hydrogen) atoms. The van der Waals surface area contributed by atoms with Gasteiger partial charge >= 0.3 is 19.8 Å². The number of esters is 2. The highest BCUT2D eigenvalue weighted by atomic mass is 31.2. The molecule has 3 atom stereocenters. The van der Waals surface area contributed by atoms with Gasteiger partial charge in [-0.15, -0.1) is 0 Å². The van der Waals surface area contributed by atoms with Crippen molar-refractivity contribution >= 4 is 19.8 Å². The lowest BCUT2D eigenvalue weighted by Crippen LogP contribution is -2.29. The Hall–Kier alpha value is -3.63. The van der Waals surface area contributed by atoms with E-state index < -0.39 is 38.6 Å². The van der Waals surface area contributed by atoms with E-state index in [2.05, 4.69) is 67.7 Å². The Kier molecular flexibility index (Phi) is 38.9. The highest BCUT2D eigenvalue weighted by Gasteiger charge is 2.25. The quantitative estimate of drug-likeness (QED) is 0.0181. The van der Waals surface area contributed by atoms with E-state index in [9.17, 15) is 24.2 Å². The van der Waals surface area contributed by atoms with Crippen molar-refractivity contribution in [1.82, 2.24) is 0 Å². The van der Waals surface area contributed by atoms with Crippen LogP contribution in [0, 0.1) is 0 Å². The van der Waals surface area contributed by atoms with Gasteiger partial charge in [0, 0.05) is 19.4 Å². The molecule has 11 heteroatoms. The molecule has 0 bridgehead atoms. The van der Waals surface area contributed by atoms with Gasteiger partial charge in [-0.3, -0.25) is 18.6 Å². The number of ether oxygens (including phenoxy) is 2. The van der Waals surface area contributed by atoms with Gasteiger partial charge in [-0.1, -0.05) is 148 Å². The third-order valence-electron chi connectivity index (χ3n) is 7.92. The van der Waals surface area contributed by atoms with Gasteiger partial charge < -0.3 is 25.2 Å². The summed E-state index contributed by atoms with van der Waals surface area (Å²) in [6, 6.07) is 0. The molecule has 0 aliphatic rings. The fraction of sp³-hybridized carbons (Fsp3) is 0.532. The van der Waals surface area contributed by atoms with Crippen LogP contribution in [0.3, 0.4) is 0 Å². The van der Waals surface area contributed by atoms with Crippen LogP contribution in [0.5, 0.6) is 0 Å². The van der Waals surface area contributed by atoms with Crippen LogP contribution in [0.25, 0.3) is 0 Å². The summed E-state index contributed by atoms with van der Waals surface area (Å²) in [6.45, 7) is 3.26. The van der Waals surface area contributed by atoms with Gasteiger partial charge in [0.2, 0.25) is 0 Å². The molecule has 0 aromatic heterocycles. The summed E-state index contributed by atoms with van der Waals surface area (Å²) in [7, 11) is -4.43. The number of aliphatic hydroxyl groups excluding tert-OH is 1. The van der Waals surface area contributed by atoms with Crippen molar-refractivity contribution in [2.45, 2.75) is 135 Å². The summed E-state index contributed by atoms with van der Waals surface area (Å²) in [6.07, 6.45) is 53.1. The van der Waals surface area contributed by atoms with Crippen molar-refractivity contribution in [2.24, 2.45) is 5.73 Å². The molecule has 0 rings (SSSR count). The Morgan fingerprint density at radius 3 is 1.72 bits per heavy atom. The number of carbonyl (C=O) groups excluding carboxylic acids is 2. The lowest BCUT2D eigenvalue weighted by Gasteiger charge is -2.19. The average molecular weight is 828 g/mol. The molecule has 4 N–H and O–H groups in total. The average Bonchev–Trinajstić information content (AvgIpc) is 3.21.